The molecule has 0 amide bonds. The summed E-state index contributed by atoms with van der Waals surface area (Å²) in [5.41, 5.74) is 2.70. The minimum Gasteiger partial charge on any atom is -0.480 e. The van der Waals surface area contributed by atoms with Crippen molar-refractivity contribution in [1.29, 1.82) is 0 Å². The molecular formula is C18H19N3O2. The molecule has 1 N–H and O–H groups in total. The molecule has 3 rings (SSSR count). The van der Waals surface area contributed by atoms with Crippen LogP contribution in [-0.2, 0) is 11.2 Å². The van der Waals surface area contributed by atoms with Gasteiger partial charge in [-0.15, -0.1) is 6.58 Å². The molecule has 0 saturated heterocycles. The van der Waals surface area contributed by atoms with Gasteiger partial charge in [0.25, 0.3) is 0 Å². The first-order valence-corrected chi connectivity index (χ1v) is 7.48. The van der Waals surface area contributed by atoms with E-state index in [1.54, 1.807) is 19.4 Å². The maximum Gasteiger partial charge on any atom is 0.223 e. The van der Waals surface area contributed by atoms with Crippen molar-refractivity contribution in [1.82, 2.24) is 15.0 Å². The Morgan fingerprint density at radius 3 is 3.00 bits per heavy atom. The first-order chi connectivity index (χ1) is 11.3. The number of aromatic amines is 1. The third kappa shape index (κ3) is 3.40. The lowest BCUT2D eigenvalue weighted by atomic mass is 10.1. The Balaban J connectivity index is 1.87. The minimum atomic E-state index is 0.552. The number of fused-ring (bicyclic) bond motifs is 1. The third-order valence-corrected chi connectivity index (χ3v) is 3.52. The lowest BCUT2D eigenvalue weighted by Gasteiger charge is -2.07. The van der Waals surface area contributed by atoms with E-state index in [4.69, 9.17) is 9.47 Å². The number of benzene rings is 1. The van der Waals surface area contributed by atoms with Crippen molar-refractivity contribution in [2.45, 2.75) is 6.42 Å². The van der Waals surface area contributed by atoms with Crippen molar-refractivity contribution < 1.29 is 9.47 Å². The number of ether oxygens (including phenoxy) is 2. The van der Waals surface area contributed by atoms with Crippen molar-refractivity contribution in [3.8, 4) is 17.1 Å². The smallest absolute Gasteiger partial charge is 0.223 e. The number of nitrogens with one attached hydrogen (secondary N) is 1. The second-order valence-electron chi connectivity index (χ2n) is 5.10. The molecule has 0 aliphatic rings. The number of nitrogens with zero attached hydrogens (tertiary/aromatic N) is 2. The van der Waals surface area contributed by atoms with Gasteiger partial charge >= 0.3 is 0 Å². The van der Waals surface area contributed by atoms with Crippen molar-refractivity contribution >= 4 is 10.9 Å². The molecule has 2 heterocycles. The molecule has 0 radical (unpaired) electrons. The Bertz CT molecular complexity index is 811. The highest BCUT2D eigenvalue weighted by atomic mass is 16.5. The molecule has 0 aliphatic carbocycles. The van der Waals surface area contributed by atoms with Gasteiger partial charge in [0.05, 0.1) is 43.3 Å². The molecule has 0 bridgehead atoms. The van der Waals surface area contributed by atoms with Gasteiger partial charge in [0.2, 0.25) is 5.88 Å². The second kappa shape index (κ2) is 7.07. The van der Waals surface area contributed by atoms with Gasteiger partial charge < -0.3 is 14.5 Å². The normalized spacial score (nSPS) is 10.8. The molecular weight excluding hydrogens is 290 g/mol. The lowest BCUT2D eigenvalue weighted by molar-refractivity contribution is 0.164. The van der Waals surface area contributed by atoms with Crippen molar-refractivity contribution in [2.75, 3.05) is 20.3 Å². The van der Waals surface area contributed by atoms with E-state index in [1.807, 2.05) is 24.3 Å². The Labute approximate surface area is 135 Å². The zero-order chi connectivity index (χ0) is 16.1. The van der Waals surface area contributed by atoms with E-state index in [1.165, 1.54) is 0 Å². The number of pyridine rings is 1. The van der Waals surface area contributed by atoms with E-state index in [9.17, 15) is 0 Å². The van der Waals surface area contributed by atoms with Crippen LogP contribution in [0.2, 0.25) is 0 Å². The predicted octanol–water partition coefficient (Wildman–Crippen LogP) is 3.38. The van der Waals surface area contributed by atoms with Gasteiger partial charge in [-0.2, -0.15) is 0 Å². The molecule has 0 atom stereocenters. The number of rotatable bonds is 7. The average Bonchev–Trinajstić information content (AvgIpc) is 3.06. The monoisotopic (exact) mass is 309 g/mol. The molecule has 118 valence electrons. The molecule has 1 aromatic carbocycles. The number of aromatic nitrogens is 3. The standard InChI is InChI=1S/C18H19N3O2/c1-3-9-23-10-8-17-19-12-16(20-17)14-11-13-6-4-5-7-15(13)21-18(14)22-2/h3-7,11-12H,1,8-10H2,2H3,(H,19,20). The average molecular weight is 309 g/mol. The molecule has 5 nitrogen and oxygen atoms in total. The van der Waals surface area contributed by atoms with E-state index in [0.717, 1.165) is 34.4 Å². The Morgan fingerprint density at radius 1 is 1.30 bits per heavy atom. The molecule has 0 spiro atoms. The van der Waals surface area contributed by atoms with Crippen LogP contribution in [0.4, 0.5) is 0 Å². The summed E-state index contributed by atoms with van der Waals surface area (Å²) in [6, 6.07) is 10.0. The highest BCUT2D eigenvalue weighted by molar-refractivity contribution is 5.85. The summed E-state index contributed by atoms with van der Waals surface area (Å²) in [4.78, 5) is 12.3. The van der Waals surface area contributed by atoms with Crippen LogP contribution in [-0.4, -0.2) is 35.3 Å². The van der Waals surface area contributed by atoms with Crippen molar-refractivity contribution in [3.05, 3.63) is 55.0 Å². The highest BCUT2D eigenvalue weighted by Crippen LogP contribution is 2.30. The fourth-order valence-electron chi connectivity index (χ4n) is 2.41. The van der Waals surface area contributed by atoms with Gasteiger partial charge in [0, 0.05) is 11.8 Å². The quantitative estimate of drug-likeness (QED) is 0.537. The Morgan fingerprint density at radius 2 is 2.17 bits per heavy atom. The third-order valence-electron chi connectivity index (χ3n) is 3.52. The van der Waals surface area contributed by atoms with E-state index in [0.29, 0.717) is 19.1 Å². The number of para-hydroxylation sites is 1. The van der Waals surface area contributed by atoms with Crippen LogP contribution in [0.5, 0.6) is 5.88 Å². The zero-order valence-electron chi connectivity index (χ0n) is 13.1. The molecule has 0 aliphatic heterocycles. The van der Waals surface area contributed by atoms with E-state index >= 15 is 0 Å². The highest BCUT2D eigenvalue weighted by Gasteiger charge is 2.12. The number of hydrogen-bond acceptors (Lipinski definition) is 4. The largest absolute Gasteiger partial charge is 0.480 e. The predicted molar refractivity (Wildman–Crippen MR) is 90.6 cm³/mol. The number of H-pyrrole nitrogens is 1. The van der Waals surface area contributed by atoms with Gasteiger partial charge in [-0.3, -0.25) is 0 Å². The van der Waals surface area contributed by atoms with Gasteiger partial charge in [-0.05, 0) is 12.1 Å². The van der Waals surface area contributed by atoms with Gasteiger partial charge in [0.1, 0.15) is 5.82 Å². The van der Waals surface area contributed by atoms with E-state index in [-0.39, 0.29) is 0 Å². The first-order valence-electron chi connectivity index (χ1n) is 7.48. The number of imidazole rings is 1. The summed E-state index contributed by atoms with van der Waals surface area (Å²) in [5, 5.41) is 1.06. The summed E-state index contributed by atoms with van der Waals surface area (Å²) in [6.07, 6.45) is 4.26. The molecule has 23 heavy (non-hydrogen) atoms. The number of methoxy groups -OCH3 is 1. The summed E-state index contributed by atoms with van der Waals surface area (Å²) in [5.74, 6) is 1.46. The van der Waals surface area contributed by atoms with Crippen molar-refractivity contribution in [2.24, 2.45) is 0 Å². The molecule has 5 heteroatoms. The summed E-state index contributed by atoms with van der Waals surface area (Å²) >= 11 is 0. The van der Waals surface area contributed by atoms with Crippen LogP contribution in [0.15, 0.2) is 49.2 Å². The van der Waals surface area contributed by atoms with Crippen LogP contribution in [0.1, 0.15) is 5.82 Å². The molecule has 0 saturated carbocycles. The Hall–Kier alpha value is -2.66. The van der Waals surface area contributed by atoms with Crippen LogP contribution >= 0.6 is 0 Å². The summed E-state index contributed by atoms with van der Waals surface area (Å²) in [7, 11) is 1.63. The Kier molecular flexibility index (Phi) is 4.68. The minimum absolute atomic E-state index is 0.552. The fraction of sp³-hybridized carbons (Fsp3) is 0.222. The molecule has 2 aromatic heterocycles. The first kappa shape index (κ1) is 15.2. The maximum atomic E-state index is 5.44. The van der Waals surface area contributed by atoms with Crippen molar-refractivity contribution in [3.63, 3.8) is 0 Å². The van der Waals surface area contributed by atoms with Crippen LogP contribution < -0.4 is 4.74 Å². The van der Waals surface area contributed by atoms with Gasteiger partial charge in [-0.25, -0.2) is 9.97 Å². The maximum absolute atomic E-state index is 5.44. The summed E-state index contributed by atoms with van der Waals surface area (Å²) < 4.78 is 10.8. The van der Waals surface area contributed by atoms with Gasteiger partial charge in [0.15, 0.2) is 0 Å². The SMILES string of the molecule is C=CCOCCc1ncc(-c2cc3ccccc3nc2OC)[nH]1. The molecule has 3 aromatic rings. The topological polar surface area (TPSA) is 60.0 Å². The summed E-state index contributed by atoms with van der Waals surface area (Å²) in [6.45, 7) is 4.78. The van der Waals surface area contributed by atoms with Crippen LogP contribution in [0.3, 0.4) is 0 Å². The number of hydrogen-bond donors (Lipinski definition) is 1. The second-order valence-corrected chi connectivity index (χ2v) is 5.10. The van der Waals surface area contributed by atoms with Crippen LogP contribution in [0.25, 0.3) is 22.2 Å². The lowest BCUT2D eigenvalue weighted by Crippen LogP contribution is -2.00. The zero-order valence-corrected chi connectivity index (χ0v) is 13.1. The van der Waals surface area contributed by atoms with Crippen LogP contribution in [0, 0.1) is 0 Å². The van der Waals surface area contributed by atoms with E-state index in [2.05, 4.69) is 27.6 Å². The molecule has 0 fully saturated rings. The molecule has 0 unspecified atom stereocenters. The van der Waals surface area contributed by atoms with E-state index < -0.39 is 0 Å². The van der Waals surface area contributed by atoms with Gasteiger partial charge in [-0.1, -0.05) is 24.3 Å². The fourth-order valence-corrected chi connectivity index (χ4v) is 2.41.